The summed E-state index contributed by atoms with van der Waals surface area (Å²) in [5, 5.41) is 9.53. The average Bonchev–Trinajstić information content (AvgIpc) is 3.52. The van der Waals surface area contributed by atoms with E-state index in [0.717, 1.165) is 44.2 Å². The Balaban J connectivity index is 1.39. The van der Waals surface area contributed by atoms with Crippen molar-refractivity contribution in [2.75, 3.05) is 0 Å². The van der Waals surface area contributed by atoms with E-state index in [4.69, 9.17) is 15.0 Å². The zero-order chi connectivity index (χ0) is 32.3. The van der Waals surface area contributed by atoms with Crippen LogP contribution in [0.25, 0.3) is 94.0 Å². The molecular formula is C45H28N4. The summed E-state index contributed by atoms with van der Waals surface area (Å²) in [5.74, 6) is 1.93. The summed E-state index contributed by atoms with van der Waals surface area (Å²) in [7, 11) is 0. The van der Waals surface area contributed by atoms with Crippen LogP contribution in [0.3, 0.4) is 0 Å². The molecule has 0 saturated carbocycles. The third kappa shape index (κ3) is 4.35. The maximum atomic E-state index is 5.25. The number of rotatable bonds is 4. The van der Waals surface area contributed by atoms with Gasteiger partial charge >= 0.3 is 0 Å². The number of hydrogen-bond acceptors (Lipinski definition) is 3. The highest BCUT2D eigenvalue weighted by molar-refractivity contribution is 6.28. The molecular weight excluding hydrogens is 597 g/mol. The molecule has 10 rings (SSSR count). The van der Waals surface area contributed by atoms with Crippen molar-refractivity contribution >= 4 is 54.1 Å². The van der Waals surface area contributed by atoms with Crippen molar-refractivity contribution in [1.82, 2.24) is 19.5 Å². The van der Waals surface area contributed by atoms with Gasteiger partial charge in [0, 0.05) is 38.5 Å². The van der Waals surface area contributed by atoms with Crippen molar-refractivity contribution in [3.8, 4) is 39.9 Å². The van der Waals surface area contributed by atoms with Crippen molar-refractivity contribution in [2.45, 2.75) is 0 Å². The zero-order valence-electron chi connectivity index (χ0n) is 26.5. The molecule has 0 aliphatic heterocycles. The molecule has 228 valence electrons. The fourth-order valence-electron chi connectivity index (χ4n) is 7.45. The van der Waals surface area contributed by atoms with Crippen molar-refractivity contribution in [2.24, 2.45) is 0 Å². The first kappa shape index (κ1) is 27.5. The molecule has 0 atom stereocenters. The van der Waals surface area contributed by atoms with Gasteiger partial charge in [0.05, 0.1) is 11.0 Å². The Morgan fingerprint density at radius 2 is 0.735 bits per heavy atom. The van der Waals surface area contributed by atoms with E-state index in [1.807, 2.05) is 36.4 Å². The average molecular weight is 625 g/mol. The van der Waals surface area contributed by atoms with Gasteiger partial charge in [-0.2, -0.15) is 0 Å². The van der Waals surface area contributed by atoms with E-state index >= 15 is 0 Å². The molecule has 0 unspecified atom stereocenters. The van der Waals surface area contributed by atoms with E-state index in [1.54, 1.807) is 0 Å². The highest BCUT2D eigenvalue weighted by atomic mass is 15.0. The molecule has 2 heterocycles. The van der Waals surface area contributed by atoms with Crippen molar-refractivity contribution in [3.63, 3.8) is 0 Å². The number of aromatic nitrogens is 4. The largest absolute Gasteiger partial charge is 0.309 e. The second kappa shape index (κ2) is 11.0. The van der Waals surface area contributed by atoms with E-state index in [2.05, 4.69) is 138 Å². The summed E-state index contributed by atoms with van der Waals surface area (Å²) in [6.07, 6.45) is 0. The molecule has 0 saturated heterocycles. The molecule has 10 aromatic rings. The normalized spacial score (nSPS) is 11.7. The highest BCUT2D eigenvalue weighted by Gasteiger charge is 2.21. The van der Waals surface area contributed by atoms with E-state index in [9.17, 15) is 0 Å². The van der Waals surface area contributed by atoms with E-state index in [-0.39, 0.29) is 0 Å². The van der Waals surface area contributed by atoms with Gasteiger partial charge in [-0.1, -0.05) is 146 Å². The van der Waals surface area contributed by atoms with Gasteiger partial charge in [0.1, 0.15) is 0 Å². The van der Waals surface area contributed by atoms with Crippen LogP contribution in [0.2, 0.25) is 0 Å². The van der Waals surface area contributed by atoms with Crippen LogP contribution in [-0.4, -0.2) is 19.5 Å². The lowest BCUT2D eigenvalue weighted by Crippen LogP contribution is -2.02. The molecule has 4 heteroatoms. The molecule has 4 nitrogen and oxygen atoms in total. The van der Waals surface area contributed by atoms with Gasteiger partial charge in [0.15, 0.2) is 17.5 Å². The van der Waals surface area contributed by atoms with Crippen LogP contribution in [-0.2, 0) is 0 Å². The smallest absolute Gasteiger partial charge is 0.164 e. The lowest BCUT2D eigenvalue weighted by molar-refractivity contribution is 1.07. The maximum absolute atomic E-state index is 5.25. The van der Waals surface area contributed by atoms with Gasteiger partial charge in [0.2, 0.25) is 0 Å². The van der Waals surface area contributed by atoms with Crippen LogP contribution >= 0.6 is 0 Å². The molecule has 0 bridgehead atoms. The molecule has 2 aromatic heterocycles. The number of fused-ring (bicyclic) bond motifs is 9. The van der Waals surface area contributed by atoms with Crippen LogP contribution in [0.15, 0.2) is 170 Å². The standard InChI is InChI=1S/C45H28N4/c1-3-15-29(16-4-1)43-46-44(30-17-5-2-6-18-30)48-45(47-43)39-28-31(49-40-25-13-11-22-35(40)36-23-12-14-26-41(36)49)27-38-34-21-8-7-19-32(34)33-20-9-10-24-37(33)42(38)39/h1-28H. The monoisotopic (exact) mass is 624 g/mol. The predicted molar refractivity (Wildman–Crippen MR) is 203 cm³/mol. The second-order valence-electron chi connectivity index (χ2n) is 12.4. The molecule has 0 amide bonds. The van der Waals surface area contributed by atoms with Crippen LogP contribution < -0.4 is 0 Å². The van der Waals surface area contributed by atoms with E-state index in [0.29, 0.717) is 17.5 Å². The SMILES string of the molecule is c1ccc(-c2nc(-c3ccccc3)nc(-c3cc(-n4c5ccccc5c5ccccc54)cc4c5ccccc5c5ccccc5c34)n2)cc1. The topological polar surface area (TPSA) is 43.6 Å². The number of benzene rings is 8. The number of para-hydroxylation sites is 2. The third-order valence-corrected chi connectivity index (χ3v) is 9.61. The van der Waals surface area contributed by atoms with Crippen LogP contribution in [0.5, 0.6) is 0 Å². The minimum absolute atomic E-state index is 0.640. The number of nitrogens with zero attached hydrogens (tertiary/aromatic N) is 4. The van der Waals surface area contributed by atoms with E-state index in [1.165, 1.54) is 32.3 Å². The first-order valence-corrected chi connectivity index (χ1v) is 16.5. The van der Waals surface area contributed by atoms with Gasteiger partial charge in [-0.25, -0.2) is 15.0 Å². The lowest BCUT2D eigenvalue weighted by Gasteiger charge is -2.18. The van der Waals surface area contributed by atoms with Gasteiger partial charge in [-0.3, -0.25) is 0 Å². The molecule has 0 aliphatic carbocycles. The summed E-state index contributed by atoms with van der Waals surface area (Å²) < 4.78 is 2.38. The molecule has 0 fully saturated rings. The van der Waals surface area contributed by atoms with Crippen molar-refractivity contribution in [1.29, 1.82) is 0 Å². The minimum atomic E-state index is 0.640. The first-order chi connectivity index (χ1) is 24.3. The Morgan fingerprint density at radius 1 is 0.327 bits per heavy atom. The maximum Gasteiger partial charge on any atom is 0.164 e. The summed E-state index contributed by atoms with van der Waals surface area (Å²) in [5.41, 5.74) is 6.23. The van der Waals surface area contributed by atoms with Crippen LogP contribution in [0.4, 0.5) is 0 Å². The molecule has 0 spiro atoms. The molecule has 0 radical (unpaired) electrons. The van der Waals surface area contributed by atoms with Crippen LogP contribution in [0, 0.1) is 0 Å². The zero-order valence-corrected chi connectivity index (χ0v) is 26.5. The summed E-state index contributed by atoms with van der Waals surface area (Å²) >= 11 is 0. The van der Waals surface area contributed by atoms with Gasteiger partial charge in [-0.05, 0) is 51.2 Å². The predicted octanol–water partition coefficient (Wildman–Crippen LogP) is 11.4. The Kier molecular flexibility index (Phi) is 6.15. The third-order valence-electron chi connectivity index (χ3n) is 9.61. The highest BCUT2D eigenvalue weighted by Crippen LogP contribution is 2.43. The summed E-state index contributed by atoms with van der Waals surface area (Å²) in [6.45, 7) is 0. The molecule has 49 heavy (non-hydrogen) atoms. The Labute approximate surface area is 282 Å². The molecule has 0 aliphatic rings. The van der Waals surface area contributed by atoms with Gasteiger partial charge in [-0.15, -0.1) is 0 Å². The summed E-state index contributed by atoms with van der Waals surface area (Å²) in [4.78, 5) is 15.5. The fourth-order valence-corrected chi connectivity index (χ4v) is 7.45. The molecule has 0 N–H and O–H groups in total. The van der Waals surface area contributed by atoms with Crippen molar-refractivity contribution in [3.05, 3.63) is 170 Å². The second-order valence-corrected chi connectivity index (χ2v) is 12.4. The lowest BCUT2D eigenvalue weighted by atomic mass is 9.91. The Hall–Kier alpha value is -6.65. The quantitative estimate of drug-likeness (QED) is 0.183. The van der Waals surface area contributed by atoms with Gasteiger partial charge in [0.25, 0.3) is 0 Å². The number of hydrogen-bond donors (Lipinski definition) is 0. The Bertz CT molecular complexity index is 2760. The minimum Gasteiger partial charge on any atom is -0.309 e. The molecule has 8 aromatic carbocycles. The fraction of sp³-hybridized carbons (Fsp3) is 0. The van der Waals surface area contributed by atoms with E-state index < -0.39 is 0 Å². The summed E-state index contributed by atoms with van der Waals surface area (Å²) in [6, 6.07) is 59.7. The first-order valence-electron chi connectivity index (χ1n) is 16.5. The van der Waals surface area contributed by atoms with Crippen molar-refractivity contribution < 1.29 is 0 Å². The van der Waals surface area contributed by atoms with Gasteiger partial charge < -0.3 is 4.57 Å². The Morgan fingerprint density at radius 3 is 1.29 bits per heavy atom. The van der Waals surface area contributed by atoms with Crippen LogP contribution in [0.1, 0.15) is 0 Å².